The van der Waals surface area contributed by atoms with Gasteiger partial charge in [-0.1, -0.05) is 43.5 Å². The molecule has 0 saturated heterocycles. The molecule has 1 amide bonds. The molecule has 6 nitrogen and oxygen atoms in total. The molecule has 1 heterocycles. The number of rotatable bonds is 6. The Hall–Kier alpha value is -1.31. The van der Waals surface area contributed by atoms with E-state index in [4.69, 9.17) is 28.9 Å². The molecule has 0 bridgehead atoms. The van der Waals surface area contributed by atoms with E-state index in [1.807, 2.05) is 20.8 Å². The standard InChI is InChI=1S/C21H29Cl2N3O3S/c1-13(2)11-21(3)19(27)26(20(24)25-21)12-14-5-4-6-15(9-14)30(28,29)16-7-8-17(22)18(23)10-16/h7-8,10,13-15H,4-6,9,11-12H2,1-3H3,(H2,24,25). The maximum Gasteiger partial charge on any atom is 0.257 e. The molecule has 3 rings (SSSR count). The van der Waals surface area contributed by atoms with E-state index in [9.17, 15) is 13.2 Å². The highest BCUT2D eigenvalue weighted by Crippen LogP contribution is 2.36. The van der Waals surface area contributed by atoms with Crippen LogP contribution in [0.15, 0.2) is 28.1 Å². The van der Waals surface area contributed by atoms with Crippen molar-refractivity contribution in [3.05, 3.63) is 28.2 Å². The monoisotopic (exact) mass is 473 g/mol. The van der Waals surface area contributed by atoms with Crippen molar-refractivity contribution in [2.45, 2.75) is 68.6 Å². The van der Waals surface area contributed by atoms with Crippen molar-refractivity contribution in [3.8, 4) is 0 Å². The maximum absolute atomic E-state index is 13.2. The fourth-order valence-electron chi connectivity index (χ4n) is 4.65. The van der Waals surface area contributed by atoms with E-state index < -0.39 is 20.6 Å². The summed E-state index contributed by atoms with van der Waals surface area (Å²) in [6.07, 6.45) is 3.31. The lowest BCUT2D eigenvalue weighted by atomic mass is 9.87. The molecule has 166 valence electrons. The summed E-state index contributed by atoms with van der Waals surface area (Å²) in [5.41, 5.74) is 5.26. The zero-order valence-electron chi connectivity index (χ0n) is 17.6. The SMILES string of the molecule is CC(C)CC1(C)N=C(N)N(CC2CCCC(S(=O)(=O)c3ccc(Cl)c(Cl)c3)C2)C1=O. The number of nitrogens with zero attached hydrogens (tertiary/aromatic N) is 2. The number of aliphatic imine (C=N–C) groups is 1. The second kappa shape index (κ2) is 8.67. The number of halogens is 2. The quantitative estimate of drug-likeness (QED) is 0.666. The van der Waals surface area contributed by atoms with Gasteiger partial charge < -0.3 is 5.73 Å². The molecule has 1 aliphatic carbocycles. The molecule has 9 heteroatoms. The van der Waals surface area contributed by atoms with Crippen LogP contribution in [0.2, 0.25) is 10.0 Å². The van der Waals surface area contributed by atoms with Crippen molar-refractivity contribution in [2.24, 2.45) is 22.6 Å². The zero-order chi connectivity index (χ0) is 22.3. The molecular formula is C21H29Cl2N3O3S. The summed E-state index contributed by atoms with van der Waals surface area (Å²) in [5, 5.41) is 0.0245. The Balaban J connectivity index is 1.73. The second-order valence-corrected chi connectivity index (χ2v) is 12.1. The minimum absolute atomic E-state index is 0.0420. The van der Waals surface area contributed by atoms with E-state index in [2.05, 4.69) is 4.99 Å². The summed E-state index contributed by atoms with van der Waals surface area (Å²) in [6.45, 7) is 6.31. The summed E-state index contributed by atoms with van der Waals surface area (Å²) in [4.78, 5) is 19.2. The van der Waals surface area contributed by atoms with Gasteiger partial charge in [-0.2, -0.15) is 0 Å². The minimum Gasteiger partial charge on any atom is -0.369 e. The molecule has 1 aromatic rings. The lowest BCUT2D eigenvalue weighted by Gasteiger charge is -2.32. The number of amides is 1. The fraction of sp³-hybridized carbons (Fsp3) is 0.619. The predicted octanol–water partition coefficient (Wildman–Crippen LogP) is 4.29. The highest BCUT2D eigenvalue weighted by atomic mass is 35.5. The average molecular weight is 474 g/mol. The molecule has 0 aromatic heterocycles. The predicted molar refractivity (Wildman–Crippen MR) is 121 cm³/mol. The van der Waals surface area contributed by atoms with Gasteiger partial charge in [0.15, 0.2) is 15.8 Å². The summed E-state index contributed by atoms with van der Waals surface area (Å²) in [5.74, 6) is 0.493. The van der Waals surface area contributed by atoms with E-state index >= 15 is 0 Å². The molecule has 1 aliphatic heterocycles. The number of nitrogens with two attached hydrogens (primary N) is 1. The van der Waals surface area contributed by atoms with Crippen LogP contribution in [0, 0.1) is 11.8 Å². The van der Waals surface area contributed by atoms with Crippen molar-refractivity contribution in [1.82, 2.24) is 4.90 Å². The van der Waals surface area contributed by atoms with Crippen LogP contribution in [0.5, 0.6) is 0 Å². The molecule has 30 heavy (non-hydrogen) atoms. The van der Waals surface area contributed by atoms with E-state index in [0.717, 1.165) is 12.8 Å². The summed E-state index contributed by atoms with van der Waals surface area (Å²) in [6, 6.07) is 4.42. The van der Waals surface area contributed by atoms with E-state index in [1.165, 1.54) is 18.2 Å². The third-order valence-electron chi connectivity index (χ3n) is 5.98. The second-order valence-electron chi connectivity index (χ2n) is 9.03. The zero-order valence-corrected chi connectivity index (χ0v) is 19.9. The van der Waals surface area contributed by atoms with Crippen LogP contribution < -0.4 is 5.73 Å². The van der Waals surface area contributed by atoms with Gasteiger partial charge in [0, 0.05) is 6.54 Å². The smallest absolute Gasteiger partial charge is 0.257 e. The van der Waals surface area contributed by atoms with Crippen LogP contribution in [-0.4, -0.2) is 42.5 Å². The Labute approximate surface area is 188 Å². The van der Waals surface area contributed by atoms with Gasteiger partial charge in [0.1, 0.15) is 5.54 Å². The van der Waals surface area contributed by atoms with Gasteiger partial charge in [0.2, 0.25) is 0 Å². The first-order chi connectivity index (χ1) is 13.9. The Morgan fingerprint density at radius 3 is 2.60 bits per heavy atom. The molecule has 0 spiro atoms. The van der Waals surface area contributed by atoms with Gasteiger partial charge in [-0.05, 0) is 62.6 Å². The summed E-state index contributed by atoms with van der Waals surface area (Å²) >= 11 is 12.0. The first-order valence-corrected chi connectivity index (χ1v) is 12.6. The highest BCUT2D eigenvalue weighted by Gasteiger charge is 2.45. The van der Waals surface area contributed by atoms with Gasteiger partial charge in [0.05, 0.1) is 20.2 Å². The first kappa shape index (κ1) is 23.4. The number of guanidine groups is 1. The van der Waals surface area contributed by atoms with Crippen LogP contribution in [0.1, 0.15) is 52.9 Å². The number of hydrogen-bond acceptors (Lipinski definition) is 5. The third kappa shape index (κ3) is 4.63. The molecule has 1 aromatic carbocycles. The normalized spacial score (nSPS) is 27.6. The van der Waals surface area contributed by atoms with Gasteiger partial charge in [-0.3, -0.25) is 9.69 Å². The van der Waals surface area contributed by atoms with Gasteiger partial charge in [-0.25, -0.2) is 13.4 Å². The number of carbonyl (C=O) groups is 1. The highest BCUT2D eigenvalue weighted by molar-refractivity contribution is 7.92. The largest absolute Gasteiger partial charge is 0.369 e. The topological polar surface area (TPSA) is 92.8 Å². The van der Waals surface area contributed by atoms with Gasteiger partial charge in [-0.15, -0.1) is 0 Å². The molecular weight excluding hydrogens is 445 g/mol. The first-order valence-electron chi connectivity index (χ1n) is 10.3. The number of benzene rings is 1. The van der Waals surface area contributed by atoms with Gasteiger partial charge >= 0.3 is 0 Å². The number of hydrogen-bond donors (Lipinski definition) is 1. The van der Waals surface area contributed by atoms with E-state index in [0.29, 0.717) is 36.7 Å². The molecule has 0 radical (unpaired) electrons. The minimum atomic E-state index is -3.54. The summed E-state index contributed by atoms with van der Waals surface area (Å²) in [7, 11) is -3.54. The molecule has 2 aliphatic rings. The van der Waals surface area contributed by atoms with Crippen molar-refractivity contribution in [1.29, 1.82) is 0 Å². The molecule has 3 unspecified atom stereocenters. The fourth-order valence-corrected chi connectivity index (χ4v) is 6.94. The Bertz CT molecular complexity index is 964. The lowest BCUT2D eigenvalue weighted by Crippen LogP contribution is -2.46. The van der Waals surface area contributed by atoms with Crippen LogP contribution in [0.3, 0.4) is 0 Å². The maximum atomic E-state index is 13.2. The van der Waals surface area contributed by atoms with Crippen LogP contribution in [0.4, 0.5) is 0 Å². The van der Waals surface area contributed by atoms with E-state index in [1.54, 1.807) is 4.90 Å². The molecule has 2 N–H and O–H groups in total. The van der Waals surface area contributed by atoms with Crippen molar-refractivity contribution in [3.63, 3.8) is 0 Å². The summed E-state index contributed by atoms with van der Waals surface area (Å²) < 4.78 is 26.3. The third-order valence-corrected chi connectivity index (χ3v) is 8.94. The van der Waals surface area contributed by atoms with Crippen molar-refractivity contribution >= 4 is 44.9 Å². The molecule has 1 saturated carbocycles. The van der Waals surface area contributed by atoms with Crippen LogP contribution >= 0.6 is 23.2 Å². The van der Waals surface area contributed by atoms with Crippen molar-refractivity contribution in [2.75, 3.05) is 6.54 Å². The Morgan fingerprint density at radius 2 is 1.97 bits per heavy atom. The average Bonchev–Trinajstić information content (AvgIpc) is 2.86. The Kier molecular flexibility index (Phi) is 6.75. The Morgan fingerprint density at radius 1 is 1.27 bits per heavy atom. The number of carbonyl (C=O) groups excluding carboxylic acids is 1. The lowest BCUT2D eigenvalue weighted by molar-refractivity contribution is -0.131. The van der Waals surface area contributed by atoms with Crippen LogP contribution in [0.25, 0.3) is 0 Å². The van der Waals surface area contributed by atoms with Crippen LogP contribution in [-0.2, 0) is 14.6 Å². The molecule has 3 atom stereocenters. The van der Waals surface area contributed by atoms with Gasteiger partial charge in [0.25, 0.3) is 5.91 Å². The van der Waals surface area contributed by atoms with Crippen molar-refractivity contribution < 1.29 is 13.2 Å². The van der Waals surface area contributed by atoms with E-state index in [-0.39, 0.29) is 27.7 Å². The number of sulfone groups is 1. The molecule has 1 fully saturated rings.